The molecule has 1 heterocycles. The summed E-state index contributed by atoms with van der Waals surface area (Å²) in [6.07, 6.45) is 0.449. The molecular weight excluding hydrogens is 472 g/mol. The zero-order chi connectivity index (χ0) is 21.7. The van der Waals surface area contributed by atoms with E-state index in [4.69, 9.17) is 9.47 Å². The first-order chi connectivity index (χ1) is 14.3. The Labute approximate surface area is 185 Å². The number of carbonyl (C=O) groups excluding carboxylic acids is 1. The minimum Gasteiger partial charge on any atom is -0.497 e. The van der Waals surface area contributed by atoms with Crippen molar-refractivity contribution in [3.63, 3.8) is 0 Å². The van der Waals surface area contributed by atoms with E-state index in [-0.39, 0.29) is 16.8 Å². The van der Waals surface area contributed by atoms with Crippen molar-refractivity contribution in [2.24, 2.45) is 0 Å². The van der Waals surface area contributed by atoms with E-state index >= 15 is 0 Å². The van der Waals surface area contributed by atoms with E-state index in [0.717, 1.165) is 4.47 Å². The molecule has 9 heteroatoms. The van der Waals surface area contributed by atoms with Crippen LogP contribution in [0.25, 0.3) is 0 Å². The molecular formula is C21H25BrN2O5S. The van der Waals surface area contributed by atoms with Gasteiger partial charge in [0.15, 0.2) is 6.10 Å². The zero-order valence-electron chi connectivity index (χ0n) is 16.9. The lowest BCUT2D eigenvalue weighted by molar-refractivity contribution is -0.128. The summed E-state index contributed by atoms with van der Waals surface area (Å²) in [5.74, 6) is 1.01. The van der Waals surface area contributed by atoms with Gasteiger partial charge in [0.05, 0.1) is 12.0 Å². The Kier molecular flexibility index (Phi) is 7.38. The molecule has 0 radical (unpaired) electrons. The number of nitrogens with one attached hydrogen (secondary N) is 1. The molecule has 2 aromatic carbocycles. The van der Waals surface area contributed by atoms with E-state index in [1.807, 2.05) is 12.1 Å². The van der Waals surface area contributed by atoms with E-state index < -0.39 is 16.1 Å². The number of piperidine rings is 1. The van der Waals surface area contributed by atoms with Gasteiger partial charge in [-0.3, -0.25) is 4.79 Å². The lowest BCUT2D eigenvalue weighted by Crippen LogP contribution is -2.49. The van der Waals surface area contributed by atoms with Crippen molar-refractivity contribution in [2.75, 3.05) is 20.2 Å². The molecule has 1 aliphatic rings. The quantitative estimate of drug-likeness (QED) is 0.635. The predicted molar refractivity (Wildman–Crippen MR) is 117 cm³/mol. The summed E-state index contributed by atoms with van der Waals surface area (Å²) in [6.45, 7) is 2.39. The number of benzene rings is 2. The van der Waals surface area contributed by atoms with Crippen LogP contribution in [0.4, 0.5) is 0 Å². The van der Waals surface area contributed by atoms with Crippen molar-refractivity contribution in [3.8, 4) is 11.5 Å². The van der Waals surface area contributed by atoms with Crippen molar-refractivity contribution < 1.29 is 22.7 Å². The predicted octanol–water partition coefficient (Wildman–Crippen LogP) is 3.19. The molecule has 0 saturated carbocycles. The highest BCUT2D eigenvalue weighted by Crippen LogP contribution is 2.23. The molecule has 0 aliphatic carbocycles. The number of amides is 1. The number of methoxy groups -OCH3 is 1. The molecule has 1 atom stereocenters. The van der Waals surface area contributed by atoms with Gasteiger partial charge in [-0.1, -0.05) is 15.9 Å². The fraction of sp³-hybridized carbons (Fsp3) is 0.381. The van der Waals surface area contributed by atoms with Gasteiger partial charge in [-0.05, 0) is 68.3 Å². The SMILES string of the molecule is COc1ccc(S(=O)(=O)N2CCC(NC(=O)[C@@H](C)Oc3ccc(Br)cc3)CC2)cc1. The van der Waals surface area contributed by atoms with Crippen LogP contribution in [0.5, 0.6) is 11.5 Å². The Morgan fingerprint density at radius 2 is 1.63 bits per heavy atom. The van der Waals surface area contributed by atoms with Gasteiger partial charge in [-0.15, -0.1) is 0 Å². The normalized spacial score (nSPS) is 16.6. The number of rotatable bonds is 7. The fourth-order valence-corrected chi connectivity index (χ4v) is 4.96. The monoisotopic (exact) mass is 496 g/mol. The Morgan fingerprint density at radius 1 is 1.07 bits per heavy atom. The zero-order valence-corrected chi connectivity index (χ0v) is 19.3. The van der Waals surface area contributed by atoms with Crippen LogP contribution in [0.15, 0.2) is 57.9 Å². The molecule has 2 aromatic rings. The molecule has 0 aromatic heterocycles. The van der Waals surface area contributed by atoms with Gasteiger partial charge in [-0.2, -0.15) is 4.31 Å². The average Bonchev–Trinajstić information content (AvgIpc) is 2.75. The van der Waals surface area contributed by atoms with Crippen LogP contribution in [0.3, 0.4) is 0 Å². The van der Waals surface area contributed by atoms with Crippen molar-refractivity contribution in [3.05, 3.63) is 53.0 Å². The van der Waals surface area contributed by atoms with E-state index in [1.54, 1.807) is 43.3 Å². The smallest absolute Gasteiger partial charge is 0.260 e. The minimum absolute atomic E-state index is 0.0872. The van der Waals surface area contributed by atoms with Crippen LogP contribution in [-0.4, -0.2) is 51.0 Å². The van der Waals surface area contributed by atoms with Gasteiger partial charge in [0.25, 0.3) is 5.91 Å². The fourth-order valence-electron chi connectivity index (χ4n) is 3.23. The molecule has 30 heavy (non-hydrogen) atoms. The number of carbonyl (C=O) groups is 1. The molecule has 0 bridgehead atoms. The first-order valence-electron chi connectivity index (χ1n) is 9.66. The number of hydrogen-bond acceptors (Lipinski definition) is 5. The first-order valence-corrected chi connectivity index (χ1v) is 11.9. The minimum atomic E-state index is -3.56. The summed E-state index contributed by atoms with van der Waals surface area (Å²) in [5, 5.41) is 2.97. The third-order valence-electron chi connectivity index (χ3n) is 4.99. The Hall–Kier alpha value is -2.10. The summed E-state index contributed by atoms with van der Waals surface area (Å²) in [7, 11) is -2.03. The highest BCUT2D eigenvalue weighted by Gasteiger charge is 2.30. The van der Waals surface area contributed by atoms with Crippen molar-refractivity contribution in [2.45, 2.75) is 36.8 Å². The molecule has 3 rings (SSSR count). The van der Waals surface area contributed by atoms with Gasteiger partial charge < -0.3 is 14.8 Å². The molecule has 0 unspecified atom stereocenters. The standard InChI is InChI=1S/C21H25BrN2O5S/c1-15(29-19-5-3-16(22)4-6-19)21(25)23-17-11-13-24(14-12-17)30(26,27)20-9-7-18(28-2)8-10-20/h3-10,15,17H,11-14H2,1-2H3,(H,23,25)/t15-/m1/s1. The average molecular weight is 497 g/mol. The summed E-state index contributed by atoms with van der Waals surface area (Å²) >= 11 is 3.36. The van der Waals surface area contributed by atoms with Crippen LogP contribution >= 0.6 is 15.9 Å². The second-order valence-electron chi connectivity index (χ2n) is 7.08. The third-order valence-corrected chi connectivity index (χ3v) is 7.43. The topological polar surface area (TPSA) is 84.9 Å². The highest BCUT2D eigenvalue weighted by molar-refractivity contribution is 9.10. The Balaban J connectivity index is 1.51. The molecule has 1 amide bonds. The summed E-state index contributed by atoms with van der Waals surface area (Å²) in [6, 6.07) is 13.5. The molecule has 1 N–H and O–H groups in total. The maximum atomic E-state index is 12.8. The van der Waals surface area contributed by atoms with Crippen LogP contribution in [0.2, 0.25) is 0 Å². The van der Waals surface area contributed by atoms with Crippen molar-refractivity contribution >= 4 is 31.9 Å². The lowest BCUT2D eigenvalue weighted by atomic mass is 10.1. The number of sulfonamides is 1. The molecule has 0 spiro atoms. The highest BCUT2D eigenvalue weighted by atomic mass is 79.9. The third kappa shape index (κ3) is 5.53. The van der Waals surface area contributed by atoms with Gasteiger partial charge in [0.1, 0.15) is 11.5 Å². The van der Waals surface area contributed by atoms with Crippen LogP contribution < -0.4 is 14.8 Å². The maximum absolute atomic E-state index is 12.8. The summed E-state index contributed by atoms with van der Waals surface area (Å²) in [4.78, 5) is 12.7. The van der Waals surface area contributed by atoms with Crippen LogP contribution in [0, 0.1) is 0 Å². The largest absolute Gasteiger partial charge is 0.497 e. The number of halogens is 1. The molecule has 1 fully saturated rings. The van der Waals surface area contributed by atoms with Crippen molar-refractivity contribution in [1.29, 1.82) is 0 Å². The summed E-state index contributed by atoms with van der Waals surface area (Å²) in [5.41, 5.74) is 0. The number of ether oxygens (including phenoxy) is 2. The van der Waals surface area contributed by atoms with Gasteiger partial charge in [-0.25, -0.2) is 8.42 Å². The van der Waals surface area contributed by atoms with Crippen LogP contribution in [-0.2, 0) is 14.8 Å². The van der Waals surface area contributed by atoms with Gasteiger partial charge in [0.2, 0.25) is 10.0 Å². The molecule has 1 aliphatic heterocycles. The summed E-state index contributed by atoms with van der Waals surface area (Å²) < 4.78 is 38.8. The number of nitrogens with zero attached hydrogens (tertiary/aromatic N) is 1. The van der Waals surface area contributed by atoms with Crippen LogP contribution in [0.1, 0.15) is 19.8 Å². The van der Waals surface area contributed by atoms with Gasteiger partial charge in [0, 0.05) is 23.6 Å². The maximum Gasteiger partial charge on any atom is 0.260 e. The molecule has 1 saturated heterocycles. The van der Waals surface area contributed by atoms with Crippen molar-refractivity contribution in [1.82, 2.24) is 9.62 Å². The second kappa shape index (κ2) is 9.80. The van der Waals surface area contributed by atoms with E-state index in [1.165, 1.54) is 11.4 Å². The van der Waals surface area contributed by atoms with E-state index in [0.29, 0.717) is 37.4 Å². The Morgan fingerprint density at radius 3 is 2.20 bits per heavy atom. The second-order valence-corrected chi connectivity index (χ2v) is 9.93. The number of hydrogen-bond donors (Lipinski definition) is 1. The first kappa shape index (κ1) is 22.6. The van der Waals surface area contributed by atoms with Gasteiger partial charge >= 0.3 is 0 Å². The van der Waals surface area contributed by atoms with E-state index in [9.17, 15) is 13.2 Å². The molecule has 162 valence electrons. The Bertz CT molecular complexity index is 956. The molecule has 7 nitrogen and oxygen atoms in total. The van der Waals surface area contributed by atoms with E-state index in [2.05, 4.69) is 21.2 Å². The lowest BCUT2D eigenvalue weighted by Gasteiger charge is -2.32.